The van der Waals surface area contributed by atoms with Crippen LogP contribution in [-0.4, -0.2) is 31.3 Å². The van der Waals surface area contributed by atoms with Crippen molar-refractivity contribution in [2.45, 2.75) is 12.5 Å². The van der Waals surface area contributed by atoms with E-state index in [1.54, 1.807) is 7.11 Å². The van der Waals surface area contributed by atoms with Crippen molar-refractivity contribution in [2.24, 2.45) is 5.90 Å². The number of benzene rings is 1. The van der Waals surface area contributed by atoms with E-state index in [1.165, 1.54) is 0 Å². The third-order valence-electron chi connectivity index (χ3n) is 2.64. The third kappa shape index (κ3) is 3.28. The Kier molecular flexibility index (Phi) is 4.53. The normalized spacial score (nSPS) is 15.4. The summed E-state index contributed by atoms with van der Waals surface area (Å²) in [7, 11) is 1.65. The van der Waals surface area contributed by atoms with Gasteiger partial charge < -0.3 is 14.3 Å². The summed E-state index contributed by atoms with van der Waals surface area (Å²) in [5.41, 5.74) is 1.13. The second-order valence-corrected chi connectivity index (χ2v) is 4.96. The maximum absolute atomic E-state index is 5.83. The van der Waals surface area contributed by atoms with Crippen molar-refractivity contribution < 1.29 is 14.3 Å². The number of methoxy groups -OCH3 is 1. The van der Waals surface area contributed by atoms with Crippen LogP contribution < -0.4 is 15.4 Å². The molecule has 0 spiro atoms. The summed E-state index contributed by atoms with van der Waals surface area (Å²) in [5.74, 6) is 8.72. The second kappa shape index (κ2) is 6.14. The summed E-state index contributed by atoms with van der Waals surface area (Å²) >= 11 is 1.90. The van der Waals surface area contributed by atoms with Crippen molar-refractivity contribution in [3.63, 3.8) is 0 Å². The quantitative estimate of drug-likeness (QED) is 0.783. The van der Waals surface area contributed by atoms with Crippen LogP contribution in [0.3, 0.4) is 0 Å². The lowest BCUT2D eigenvalue weighted by atomic mass is 10.1. The number of nitrogens with two attached hydrogens (primary N) is 1. The molecule has 94 valence electrons. The lowest BCUT2D eigenvalue weighted by molar-refractivity contribution is 0.141. The van der Waals surface area contributed by atoms with Gasteiger partial charge >= 0.3 is 0 Å². The zero-order valence-electron chi connectivity index (χ0n) is 9.85. The fraction of sp³-hybridized carbons (Fsp3) is 0.500. The smallest absolute Gasteiger partial charge is 0.161 e. The zero-order valence-corrected chi connectivity index (χ0v) is 10.7. The summed E-state index contributed by atoms with van der Waals surface area (Å²) in [6.45, 7) is 0.503. The molecule has 0 aromatic heterocycles. The van der Waals surface area contributed by atoms with Gasteiger partial charge in [0, 0.05) is 11.5 Å². The van der Waals surface area contributed by atoms with Crippen LogP contribution in [0, 0.1) is 0 Å². The van der Waals surface area contributed by atoms with Gasteiger partial charge in [-0.15, -0.1) is 0 Å². The van der Waals surface area contributed by atoms with Gasteiger partial charge in [-0.25, -0.2) is 5.90 Å². The molecule has 1 aliphatic rings. The predicted molar refractivity (Wildman–Crippen MR) is 68.6 cm³/mol. The fourth-order valence-electron chi connectivity index (χ4n) is 1.60. The highest BCUT2D eigenvalue weighted by atomic mass is 32.2. The van der Waals surface area contributed by atoms with E-state index in [-0.39, 0.29) is 0 Å². The monoisotopic (exact) mass is 255 g/mol. The highest BCUT2D eigenvalue weighted by Gasteiger charge is 2.21. The molecular formula is C12H17NO3S. The molecule has 1 aromatic rings. The molecule has 4 nitrogen and oxygen atoms in total. The minimum atomic E-state index is 0.326. The molecule has 2 N–H and O–H groups in total. The largest absolute Gasteiger partial charge is 0.493 e. The van der Waals surface area contributed by atoms with Gasteiger partial charge in [0.15, 0.2) is 11.5 Å². The molecule has 0 aliphatic carbocycles. The van der Waals surface area contributed by atoms with E-state index < -0.39 is 0 Å². The molecule has 0 radical (unpaired) electrons. The number of thioether (sulfide) groups is 1. The van der Waals surface area contributed by atoms with Crippen molar-refractivity contribution in [3.05, 3.63) is 23.8 Å². The Bertz CT molecular complexity index is 369. The van der Waals surface area contributed by atoms with E-state index in [9.17, 15) is 0 Å². The molecule has 0 atom stereocenters. The van der Waals surface area contributed by atoms with E-state index in [0.717, 1.165) is 35.0 Å². The molecule has 1 heterocycles. The molecule has 1 saturated heterocycles. The molecule has 0 saturated carbocycles. The van der Waals surface area contributed by atoms with Gasteiger partial charge in [-0.3, -0.25) is 0 Å². The third-order valence-corrected chi connectivity index (χ3v) is 3.85. The number of rotatable bonds is 6. The summed E-state index contributed by atoms with van der Waals surface area (Å²) in [6.07, 6.45) is 1.10. The molecule has 1 aliphatic heterocycles. The van der Waals surface area contributed by atoms with Crippen LogP contribution >= 0.6 is 11.8 Å². The average molecular weight is 255 g/mol. The molecule has 0 unspecified atom stereocenters. The SMILES string of the molecule is COc1cc(CCON)ccc1OC1CSC1. The van der Waals surface area contributed by atoms with Gasteiger partial charge in [-0.05, 0) is 24.1 Å². The van der Waals surface area contributed by atoms with E-state index in [2.05, 4.69) is 4.84 Å². The fourth-order valence-corrected chi connectivity index (χ4v) is 2.17. The maximum atomic E-state index is 5.83. The van der Waals surface area contributed by atoms with Gasteiger partial charge in [-0.2, -0.15) is 11.8 Å². The van der Waals surface area contributed by atoms with Crippen LogP contribution in [0.4, 0.5) is 0 Å². The van der Waals surface area contributed by atoms with Crippen molar-refractivity contribution in [1.29, 1.82) is 0 Å². The Balaban J connectivity index is 2.04. The zero-order chi connectivity index (χ0) is 12.1. The van der Waals surface area contributed by atoms with E-state index in [0.29, 0.717) is 12.7 Å². The minimum Gasteiger partial charge on any atom is -0.493 e. The molecule has 0 amide bonds. The van der Waals surface area contributed by atoms with Crippen molar-refractivity contribution in [2.75, 3.05) is 25.2 Å². The van der Waals surface area contributed by atoms with Crippen molar-refractivity contribution in [1.82, 2.24) is 0 Å². The van der Waals surface area contributed by atoms with Gasteiger partial charge in [0.05, 0.1) is 13.7 Å². The number of hydrogen-bond acceptors (Lipinski definition) is 5. The summed E-state index contributed by atoms with van der Waals surface area (Å²) in [4.78, 5) is 4.57. The topological polar surface area (TPSA) is 53.7 Å². The first-order valence-electron chi connectivity index (χ1n) is 5.56. The van der Waals surface area contributed by atoms with Crippen LogP contribution in [0.15, 0.2) is 18.2 Å². The average Bonchev–Trinajstić information content (AvgIpc) is 2.31. The van der Waals surface area contributed by atoms with Crippen LogP contribution in [0.25, 0.3) is 0 Å². The van der Waals surface area contributed by atoms with Crippen LogP contribution in [0.1, 0.15) is 5.56 Å². The lowest BCUT2D eigenvalue weighted by Crippen LogP contribution is -2.31. The van der Waals surface area contributed by atoms with Crippen LogP contribution in [0.5, 0.6) is 11.5 Å². The van der Waals surface area contributed by atoms with Gasteiger partial charge in [0.2, 0.25) is 0 Å². The molecule has 1 aromatic carbocycles. The maximum Gasteiger partial charge on any atom is 0.161 e. The standard InChI is InChI=1S/C12H17NO3S/c1-14-12-6-9(4-5-15-13)2-3-11(12)16-10-7-17-8-10/h2-3,6,10H,4-5,7-8,13H2,1H3. The molecule has 1 fully saturated rings. The number of ether oxygens (including phenoxy) is 2. The molecule has 0 bridgehead atoms. The lowest BCUT2D eigenvalue weighted by Gasteiger charge is -2.26. The highest BCUT2D eigenvalue weighted by Crippen LogP contribution is 2.32. The summed E-state index contributed by atoms with van der Waals surface area (Å²) in [5, 5.41) is 0. The van der Waals surface area contributed by atoms with Crippen LogP contribution in [-0.2, 0) is 11.3 Å². The van der Waals surface area contributed by atoms with Gasteiger partial charge in [0.1, 0.15) is 6.10 Å². The Morgan fingerprint density at radius 3 is 2.76 bits per heavy atom. The molecular weight excluding hydrogens is 238 g/mol. The molecule has 5 heteroatoms. The van der Waals surface area contributed by atoms with Crippen molar-refractivity contribution in [3.8, 4) is 11.5 Å². The van der Waals surface area contributed by atoms with Crippen LogP contribution in [0.2, 0.25) is 0 Å². The molecule has 2 rings (SSSR count). The summed E-state index contributed by atoms with van der Waals surface area (Å²) < 4.78 is 11.2. The number of hydrogen-bond donors (Lipinski definition) is 1. The predicted octanol–water partition coefficient (Wildman–Crippen LogP) is 1.62. The minimum absolute atomic E-state index is 0.326. The van der Waals surface area contributed by atoms with E-state index >= 15 is 0 Å². The Hall–Kier alpha value is -0.910. The summed E-state index contributed by atoms with van der Waals surface area (Å²) in [6, 6.07) is 5.94. The van der Waals surface area contributed by atoms with Gasteiger partial charge in [0.25, 0.3) is 0 Å². The Morgan fingerprint density at radius 1 is 1.35 bits per heavy atom. The first kappa shape index (κ1) is 12.5. The van der Waals surface area contributed by atoms with Crippen molar-refractivity contribution >= 4 is 11.8 Å². The Labute approximate surface area is 105 Å². The van der Waals surface area contributed by atoms with E-state index in [4.69, 9.17) is 15.4 Å². The highest BCUT2D eigenvalue weighted by molar-refractivity contribution is 8.00. The van der Waals surface area contributed by atoms with E-state index in [1.807, 2.05) is 30.0 Å². The first-order chi connectivity index (χ1) is 8.33. The molecule has 17 heavy (non-hydrogen) atoms. The first-order valence-corrected chi connectivity index (χ1v) is 6.72. The second-order valence-electron chi connectivity index (χ2n) is 3.88. The Morgan fingerprint density at radius 2 is 2.18 bits per heavy atom. The van der Waals surface area contributed by atoms with Gasteiger partial charge in [-0.1, -0.05) is 6.07 Å².